The highest BCUT2D eigenvalue weighted by molar-refractivity contribution is 7.03. The first kappa shape index (κ1) is 67.8. The van der Waals surface area contributed by atoms with E-state index in [1.165, 1.54) is 75.6 Å². The molecule has 0 atom stereocenters. The van der Waals surface area contributed by atoms with Gasteiger partial charge in [0.05, 0.1) is 0 Å². The van der Waals surface area contributed by atoms with Crippen LogP contribution in [0.1, 0.15) is 0 Å². The summed E-state index contributed by atoms with van der Waals surface area (Å²) in [6, 6.07) is 157. The lowest BCUT2D eigenvalue weighted by atomic mass is 9.32. The molecule has 6 heteroatoms. The molecule has 0 bridgehead atoms. The molecule has 5 nitrogen and oxygen atoms in total. The van der Waals surface area contributed by atoms with Crippen molar-refractivity contribution >= 4 is 122 Å². The van der Waals surface area contributed by atoms with E-state index in [2.05, 4.69) is 434 Å². The number of rotatable bonds is 13. The monoisotopic (exact) mass is 1510 g/mol. The number of aromatic nitrogens is 3. The Morgan fingerprint density at radius 1 is 0.160 bits per heavy atom. The van der Waals surface area contributed by atoms with E-state index in [0.717, 1.165) is 145 Å². The second-order valence-corrected chi connectivity index (χ2v) is 31.7. The maximum absolute atomic E-state index is 6.02. The minimum absolute atomic E-state index is 0.365. The highest BCUT2D eigenvalue weighted by atomic mass is 15.2. The van der Waals surface area contributed by atoms with Crippen LogP contribution < -0.4 is 26.2 Å². The van der Waals surface area contributed by atoms with Gasteiger partial charge in [0.25, 0.3) is 6.71 Å². The predicted molar refractivity (Wildman–Crippen MR) is 501 cm³/mol. The van der Waals surface area contributed by atoms with Crippen LogP contribution in [-0.2, 0) is 0 Å². The lowest BCUT2D eigenvalue weighted by Crippen LogP contribution is -2.61. The van der Waals surface area contributed by atoms with Crippen molar-refractivity contribution in [2.24, 2.45) is 0 Å². The topological polar surface area (TPSA) is 45.2 Å². The number of nitrogens with zero attached hydrogens (tertiary/aromatic N) is 5. The molecule has 0 aliphatic carbocycles. The Kier molecular flexibility index (Phi) is 15.7. The fourth-order valence-corrected chi connectivity index (χ4v) is 19.4. The smallest absolute Gasteiger partial charge is 0.253 e. The predicted octanol–water partition coefficient (Wildman–Crippen LogP) is 28.1. The number of hydrogen-bond acceptors (Lipinski definition) is 5. The van der Waals surface area contributed by atoms with Gasteiger partial charge < -0.3 is 9.80 Å². The number of fused-ring (bicyclic) bond motifs is 6. The summed E-state index contributed by atoms with van der Waals surface area (Å²) in [7, 11) is 0. The molecule has 0 fully saturated rings. The van der Waals surface area contributed by atoms with Crippen LogP contribution in [-0.4, -0.2) is 21.7 Å². The molecule has 22 aromatic rings. The van der Waals surface area contributed by atoms with Gasteiger partial charge in [-0.2, -0.15) is 0 Å². The van der Waals surface area contributed by atoms with Gasteiger partial charge in [0, 0.05) is 50.8 Å². The van der Waals surface area contributed by atoms with Gasteiger partial charge in [-0.25, -0.2) is 15.0 Å². The van der Waals surface area contributed by atoms with Crippen molar-refractivity contribution in [3.05, 3.63) is 425 Å². The van der Waals surface area contributed by atoms with Gasteiger partial charge in [0.2, 0.25) is 0 Å². The second kappa shape index (κ2) is 27.6. The van der Waals surface area contributed by atoms with Crippen molar-refractivity contribution < 1.29 is 0 Å². The summed E-state index contributed by atoms with van der Waals surface area (Å²) in [6.07, 6.45) is 0. The second-order valence-electron chi connectivity index (χ2n) is 31.7. The Bertz CT molecular complexity index is 7050. The number of hydrogen-bond donors (Lipinski definition) is 0. The highest BCUT2D eigenvalue weighted by Gasteiger charge is 2.47. The molecular weight excluding hydrogens is 1440 g/mol. The summed E-state index contributed by atoms with van der Waals surface area (Å²) in [5.41, 5.74) is 29.8. The van der Waals surface area contributed by atoms with Crippen molar-refractivity contribution in [1.82, 2.24) is 15.0 Å². The Hall–Kier alpha value is -15.6. The van der Waals surface area contributed by atoms with E-state index in [1.807, 2.05) is 0 Å². The van der Waals surface area contributed by atoms with Crippen LogP contribution in [0.3, 0.4) is 0 Å². The number of anilines is 6. The summed E-state index contributed by atoms with van der Waals surface area (Å²) >= 11 is 0. The molecule has 0 spiro atoms. The zero-order chi connectivity index (χ0) is 78.2. The Labute approximate surface area is 689 Å². The van der Waals surface area contributed by atoms with E-state index in [1.54, 1.807) is 0 Å². The van der Waals surface area contributed by atoms with Crippen molar-refractivity contribution in [2.45, 2.75) is 0 Å². The Morgan fingerprint density at radius 2 is 0.387 bits per heavy atom. The molecule has 550 valence electrons. The van der Waals surface area contributed by atoms with Crippen LogP contribution in [0.15, 0.2) is 425 Å². The third-order valence-corrected chi connectivity index (χ3v) is 24.8. The van der Waals surface area contributed by atoms with Gasteiger partial charge in [-0.3, -0.25) is 0 Å². The molecule has 21 aromatic carbocycles. The Morgan fingerprint density at radius 3 is 0.664 bits per heavy atom. The minimum Gasteiger partial charge on any atom is -0.311 e. The lowest BCUT2D eigenvalue weighted by molar-refractivity contribution is 1.07. The molecule has 0 amide bonds. The van der Waals surface area contributed by atoms with E-state index < -0.39 is 0 Å². The maximum Gasteiger partial charge on any atom is 0.253 e. The SMILES string of the molecule is c1ccc(-c2cc(-c3ccccc3)cc(-c3nc(-c4cc(-c5ccccc5)cc(-c5ccccc5)c4)nc(-c4cc5c6c(c4)N(c4cc(-c7ccccc7)cc(-c7ccccc7)c4)c4cc7ccc8cccc9ccc(c4B6c4c(cc6ccc%10cccc%11ccc4c6c%10%11)N5c4cc(-c5ccccc5)cc(-c5ccccc5)c4)c7c89)n3)c2)cc1. The summed E-state index contributed by atoms with van der Waals surface area (Å²) < 4.78 is 0. The third kappa shape index (κ3) is 11.4. The van der Waals surface area contributed by atoms with Gasteiger partial charge in [-0.15, -0.1) is 0 Å². The van der Waals surface area contributed by atoms with Crippen LogP contribution in [0, 0.1) is 0 Å². The zero-order valence-corrected chi connectivity index (χ0v) is 64.7. The quantitative estimate of drug-likeness (QED) is 0.0850. The van der Waals surface area contributed by atoms with Gasteiger partial charge in [0.15, 0.2) is 17.5 Å². The minimum atomic E-state index is -0.365. The molecule has 1 aromatic heterocycles. The lowest BCUT2D eigenvalue weighted by Gasteiger charge is -2.45. The van der Waals surface area contributed by atoms with Crippen LogP contribution in [0.2, 0.25) is 0 Å². The Balaban J connectivity index is 0.877. The van der Waals surface area contributed by atoms with Crippen LogP contribution in [0.5, 0.6) is 0 Å². The molecule has 2 aliphatic heterocycles. The van der Waals surface area contributed by atoms with E-state index in [9.17, 15) is 0 Å². The fourth-order valence-electron chi connectivity index (χ4n) is 19.4. The van der Waals surface area contributed by atoms with Crippen molar-refractivity contribution in [2.75, 3.05) is 9.80 Å². The first-order chi connectivity index (χ1) is 58.9. The summed E-state index contributed by atoms with van der Waals surface area (Å²) in [6.45, 7) is -0.365. The molecule has 2 aliphatic rings. The van der Waals surface area contributed by atoms with Gasteiger partial charge in [-0.05, 0) is 267 Å². The third-order valence-electron chi connectivity index (χ3n) is 24.8. The van der Waals surface area contributed by atoms with Crippen LogP contribution >= 0.6 is 0 Å². The summed E-state index contributed by atoms with van der Waals surface area (Å²) in [5.74, 6) is 1.60. The fraction of sp³-hybridized carbons (Fsp3) is 0. The van der Waals surface area contributed by atoms with E-state index in [4.69, 9.17) is 15.0 Å². The number of benzene rings is 21. The standard InChI is InChI=1S/C113H70BN5/c1-9-27-71(28-10-1)85-55-86(72-29-11-2-12-30-72)60-93(59-85)111-115-112(94-61-87(73-31-13-3-14-32-73)56-88(62-94)74-33-15-4-16-34-74)117-113(116-111)95-69-102-110-103(70-95)119(97-65-91(77-39-21-7-22-40-77)58-92(66-97)78-41-23-8-24-42-78)101-68-84-50-48-80-44-26-46-82-52-54-99(107(84)105(80)82)109(101)114(110)108-98-53-51-81-45-25-43-79-47-49-83(106(98)104(79)81)67-100(108)118(102)96-63-89(75-35-17-5-18-36-75)57-90(64-96)76-37-19-6-20-38-76/h1-70H. The molecule has 0 unspecified atom stereocenters. The van der Waals surface area contributed by atoms with Crippen molar-refractivity contribution in [3.8, 4) is 123 Å². The molecule has 0 saturated heterocycles. The van der Waals surface area contributed by atoms with E-state index in [0.29, 0.717) is 17.5 Å². The largest absolute Gasteiger partial charge is 0.311 e. The van der Waals surface area contributed by atoms with E-state index in [-0.39, 0.29) is 6.71 Å². The summed E-state index contributed by atoms with van der Waals surface area (Å²) in [5, 5.41) is 14.7. The zero-order valence-electron chi connectivity index (χ0n) is 64.7. The van der Waals surface area contributed by atoms with Crippen molar-refractivity contribution in [3.63, 3.8) is 0 Å². The molecule has 119 heavy (non-hydrogen) atoms. The maximum atomic E-state index is 6.02. The normalized spacial score (nSPS) is 12.3. The molecule has 0 N–H and O–H groups in total. The van der Waals surface area contributed by atoms with Gasteiger partial charge in [0.1, 0.15) is 0 Å². The van der Waals surface area contributed by atoms with Crippen LogP contribution in [0.25, 0.3) is 188 Å². The first-order valence-electron chi connectivity index (χ1n) is 41.0. The molecule has 0 saturated carbocycles. The average molecular weight is 1510 g/mol. The van der Waals surface area contributed by atoms with Crippen LogP contribution in [0.4, 0.5) is 34.1 Å². The molecule has 24 rings (SSSR count). The van der Waals surface area contributed by atoms with Gasteiger partial charge >= 0.3 is 0 Å². The average Bonchev–Trinajstić information content (AvgIpc) is 0.668. The highest BCUT2D eigenvalue weighted by Crippen LogP contribution is 2.53. The van der Waals surface area contributed by atoms with E-state index >= 15 is 0 Å². The molecule has 3 heterocycles. The first-order valence-corrected chi connectivity index (χ1v) is 41.0. The molecule has 0 radical (unpaired) electrons. The van der Waals surface area contributed by atoms with Gasteiger partial charge in [-0.1, -0.05) is 328 Å². The summed E-state index contributed by atoms with van der Waals surface area (Å²) in [4.78, 5) is 23.1. The van der Waals surface area contributed by atoms with Crippen molar-refractivity contribution in [1.29, 1.82) is 0 Å². The molecular formula is C113H70BN5.